The van der Waals surface area contributed by atoms with E-state index in [0.717, 1.165) is 0 Å². The van der Waals surface area contributed by atoms with E-state index >= 15 is 0 Å². The van der Waals surface area contributed by atoms with Gasteiger partial charge in [-0.15, -0.1) is 5.10 Å². The molecule has 9 heteroatoms. The lowest BCUT2D eigenvalue weighted by molar-refractivity contribution is 0.0690. The minimum absolute atomic E-state index is 0.0507. The number of carboxylic acid groups (broad SMARTS) is 1. The van der Waals surface area contributed by atoms with Crippen LogP contribution in [0.2, 0.25) is 0 Å². The molecule has 0 saturated carbocycles. The van der Waals surface area contributed by atoms with Crippen LogP contribution in [0.4, 0.5) is 10.5 Å². The maximum atomic E-state index is 11.9. The normalized spacial score (nSPS) is 14.6. The van der Waals surface area contributed by atoms with Gasteiger partial charge in [0.2, 0.25) is 0 Å². The predicted octanol–water partition coefficient (Wildman–Crippen LogP) is 0.460. The highest BCUT2D eigenvalue weighted by Gasteiger charge is 2.33. The van der Waals surface area contributed by atoms with Crippen LogP contribution in [0.25, 0.3) is 0 Å². The largest absolute Gasteiger partial charge is 0.476 e. The number of nitrogens with one attached hydrogen (secondary N) is 1. The van der Waals surface area contributed by atoms with Gasteiger partial charge in [-0.1, -0.05) is 5.21 Å². The summed E-state index contributed by atoms with van der Waals surface area (Å²) in [5.41, 5.74) is 0.521. The van der Waals surface area contributed by atoms with E-state index in [1.807, 2.05) is 0 Å². The van der Waals surface area contributed by atoms with Gasteiger partial charge in [-0.2, -0.15) is 0 Å². The molecular weight excluding hydrogens is 276 g/mol. The zero-order valence-electron chi connectivity index (χ0n) is 10.9. The molecule has 1 saturated heterocycles. The van der Waals surface area contributed by atoms with Gasteiger partial charge in [0.15, 0.2) is 5.69 Å². The summed E-state index contributed by atoms with van der Waals surface area (Å²) in [6, 6.07) is 3.21. The third-order valence-corrected chi connectivity index (χ3v) is 3.17. The van der Waals surface area contributed by atoms with Gasteiger partial charge in [0.25, 0.3) is 0 Å². The first-order valence-electron chi connectivity index (χ1n) is 6.24. The fraction of sp³-hybridized carbons (Fsp3) is 0.250. The minimum atomic E-state index is -1.12. The molecule has 21 heavy (non-hydrogen) atoms. The number of nitrogens with zero attached hydrogens (tertiary/aromatic N) is 5. The molecule has 2 aromatic heterocycles. The van der Waals surface area contributed by atoms with Crippen molar-refractivity contribution in [1.82, 2.24) is 24.9 Å². The van der Waals surface area contributed by atoms with Crippen LogP contribution >= 0.6 is 0 Å². The van der Waals surface area contributed by atoms with Crippen molar-refractivity contribution in [3.05, 3.63) is 36.4 Å². The van der Waals surface area contributed by atoms with Crippen molar-refractivity contribution in [2.24, 2.45) is 0 Å². The number of aromatic carboxylic acids is 1. The molecule has 0 atom stereocenters. The summed E-state index contributed by atoms with van der Waals surface area (Å²) in [6.07, 6.45) is 4.55. The Morgan fingerprint density at radius 2 is 2.19 bits per heavy atom. The highest BCUT2D eigenvalue weighted by molar-refractivity contribution is 5.89. The van der Waals surface area contributed by atoms with Gasteiger partial charge < -0.3 is 15.3 Å². The van der Waals surface area contributed by atoms with Gasteiger partial charge in [0.05, 0.1) is 24.1 Å². The average molecular weight is 288 g/mol. The molecule has 0 spiro atoms. The lowest BCUT2D eigenvalue weighted by Crippen LogP contribution is -2.52. The number of pyridine rings is 1. The molecule has 108 valence electrons. The Kier molecular flexibility index (Phi) is 3.22. The Balaban J connectivity index is 1.55. The lowest BCUT2D eigenvalue weighted by Gasteiger charge is -2.38. The Bertz CT molecular complexity index is 665. The number of urea groups is 1. The van der Waals surface area contributed by atoms with E-state index in [-0.39, 0.29) is 17.8 Å². The van der Waals surface area contributed by atoms with Crippen LogP contribution in [0.1, 0.15) is 16.5 Å². The second kappa shape index (κ2) is 5.19. The van der Waals surface area contributed by atoms with Gasteiger partial charge in [0, 0.05) is 19.3 Å². The minimum Gasteiger partial charge on any atom is -0.476 e. The molecule has 9 nitrogen and oxygen atoms in total. The topological polar surface area (TPSA) is 113 Å². The first kappa shape index (κ1) is 13.0. The van der Waals surface area contributed by atoms with E-state index in [1.165, 1.54) is 10.9 Å². The van der Waals surface area contributed by atoms with Crippen molar-refractivity contribution >= 4 is 17.7 Å². The molecule has 3 rings (SSSR count). The van der Waals surface area contributed by atoms with Crippen molar-refractivity contribution in [3.63, 3.8) is 0 Å². The molecule has 1 fully saturated rings. The van der Waals surface area contributed by atoms with Crippen LogP contribution in [-0.2, 0) is 0 Å². The van der Waals surface area contributed by atoms with Gasteiger partial charge in [-0.05, 0) is 12.1 Å². The van der Waals surface area contributed by atoms with Gasteiger partial charge in [-0.3, -0.25) is 4.98 Å². The monoisotopic (exact) mass is 288 g/mol. The number of hydrogen-bond donors (Lipinski definition) is 2. The molecule has 2 amide bonds. The molecule has 3 heterocycles. The predicted molar refractivity (Wildman–Crippen MR) is 70.8 cm³/mol. The van der Waals surface area contributed by atoms with Crippen molar-refractivity contribution in [3.8, 4) is 0 Å². The number of amides is 2. The summed E-state index contributed by atoms with van der Waals surface area (Å²) in [5, 5.41) is 18.8. The first-order valence-corrected chi connectivity index (χ1v) is 6.24. The fourth-order valence-electron chi connectivity index (χ4n) is 1.98. The quantitative estimate of drug-likeness (QED) is 0.848. The number of carbonyl (C=O) groups excluding carboxylic acids is 1. The average Bonchev–Trinajstić information content (AvgIpc) is 2.88. The van der Waals surface area contributed by atoms with E-state index < -0.39 is 5.97 Å². The molecular formula is C12H12N6O3. The number of rotatable bonds is 3. The molecule has 2 aromatic rings. The Labute approximate surface area is 119 Å². The molecule has 0 bridgehead atoms. The van der Waals surface area contributed by atoms with E-state index in [9.17, 15) is 9.59 Å². The summed E-state index contributed by atoms with van der Waals surface area (Å²) in [6.45, 7) is 0.906. The second-order valence-corrected chi connectivity index (χ2v) is 4.62. The van der Waals surface area contributed by atoms with Gasteiger partial charge in [-0.25, -0.2) is 14.3 Å². The fourth-order valence-corrected chi connectivity index (χ4v) is 1.98. The maximum absolute atomic E-state index is 11.9. The van der Waals surface area contributed by atoms with Crippen LogP contribution in [0.15, 0.2) is 30.7 Å². The Morgan fingerprint density at radius 3 is 2.81 bits per heavy atom. The molecule has 0 aromatic carbocycles. The van der Waals surface area contributed by atoms with Crippen LogP contribution in [0.5, 0.6) is 0 Å². The zero-order chi connectivity index (χ0) is 14.8. The lowest BCUT2D eigenvalue weighted by atomic mass is 10.1. The number of hydrogen-bond acceptors (Lipinski definition) is 5. The SMILES string of the molecule is O=C(O)c1cn(C2CN(C(=O)Nc3cccnc3)C2)nn1. The number of anilines is 1. The van der Waals surface area contributed by atoms with Gasteiger partial charge >= 0.3 is 12.0 Å². The molecule has 1 aliphatic heterocycles. The van der Waals surface area contributed by atoms with Crippen molar-refractivity contribution in [1.29, 1.82) is 0 Å². The maximum Gasteiger partial charge on any atom is 0.358 e. The Morgan fingerprint density at radius 1 is 1.38 bits per heavy atom. The summed E-state index contributed by atoms with van der Waals surface area (Å²) in [5.74, 6) is -1.12. The van der Waals surface area contributed by atoms with E-state index in [4.69, 9.17) is 5.11 Å². The van der Waals surface area contributed by atoms with Gasteiger partial charge in [0.1, 0.15) is 0 Å². The molecule has 0 radical (unpaired) electrons. The number of aromatic nitrogens is 4. The highest BCUT2D eigenvalue weighted by Crippen LogP contribution is 2.21. The van der Waals surface area contributed by atoms with E-state index in [2.05, 4.69) is 20.6 Å². The number of carbonyl (C=O) groups is 2. The molecule has 0 unspecified atom stereocenters. The number of likely N-dealkylation sites (tertiary alicyclic amines) is 1. The summed E-state index contributed by atoms with van der Waals surface area (Å²) in [4.78, 5) is 28.2. The van der Waals surface area contributed by atoms with E-state index in [1.54, 1.807) is 29.4 Å². The molecule has 1 aliphatic rings. The van der Waals surface area contributed by atoms with Crippen molar-refractivity contribution in [2.45, 2.75) is 6.04 Å². The van der Waals surface area contributed by atoms with Crippen molar-refractivity contribution in [2.75, 3.05) is 18.4 Å². The summed E-state index contributed by atoms with van der Waals surface area (Å²) >= 11 is 0. The standard InChI is InChI=1S/C12H12N6O3/c19-11(20)10-7-18(16-15-10)9-5-17(6-9)12(21)14-8-2-1-3-13-4-8/h1-4,7,9H,5-6H2,(H,14,21)(H,19,20). The smallest absolute Gasteiger partial charge is 0.358 e. The highest BCUT2D eigenvalue weighted by atomic mass is 16.4. The third kappa shape index (κ3) is 2.66. The van der Waals surface area contributed by atoms with Crippen LogP contribution in [0.3, 0.4) is 0 Å². The van der Waals surface area contributed by atoms with Crippen LogP contribution in [0, 0.1) is 0 Å². The van der Waals surface area contributed by atoms with Crippen LogP contribution in [-0.4, -0.2) is 55.1 Å². The first-order chi connectivity index (χ1) is 10.1. The Hall–Kier alpha value is -2.97. The van der Waals surface area contributed by atoms with Crippen molar-refractivity contribution < 1.29 is 14.7 Å². The second-order valence-electron chi connectivity index (χ2n) is 4.62. The summed E-state index contributed by atoms with van der Waals surface area (Å²) in [7, 11) is 0. The summed E-state index contributed by atoms with van der Waals surface area (Å²) < 4.78 is 1.47. The van der Waals surface area contributed by atoms with Crippen LogP contribution < -0.4 is 5.32 Å². The zero-order valence-corrected chi connectivity index (χ0v) is 10.9. The third-order valence-electron chi connectivity index (χ3n) is 3.17. The van der Waals surface area contributed by atoms with E-state index in [0.29, 0.717) is 18.8 Å². The molecule has 0 aliphatic carbocycles. The number of carboxylic acids is 1. The molecule has 2 N–H and O–H groups in total.